The molecule has 42 valence electrons. The molecule has 0 unspecified atom stereocenters. The molecule has 0 saturated carbocycles. The van der Waals surface area contributed by atoms with E-state index in [4.69, 9.17) is 9.59 Å². The Labute approximate surface area is 40.4 Å². The van der Waals surface area contributed by atoms with E-state index >= 15 is 0 Å². The molecule has 0 atom stereocenters. The van der Waals surface area contributed by atoms with E-state index in [0.717, 1.165) is 13.2 Å². The van der Waals surface area contributed by atoms with E-state index in [2.05, 4.69) is 4.74 Å². The summed E-state index contributed by atoms with van der Waals surface area (Å²) in [5.41, 5.74) is 0. The molecule has 1 rings (SSSR count). The van der Waals surface area contributed by atoms with Gasteiger partial charge in [-0.3, -0.25) is 0 Å². The van der Waals surface area contributed by atoms with Gasteiger partial charge in [-0.05, 0) is 0 Å². The zero-order valence-electron chi connectivity index (χ0n) is 3.64. The Morgan fingerprint density at radius 1 is 1.29 bits per heavy atom. The van der Waals surface area contributed by atoms with Crippen molar-refractivity contribution < 1.29 is 19.8 Å². The highest BCUT2D eigenvalue weighted by Crippen LogP contribution is 1.84. The van der Waals surface area contributed by atoms with Crippen molar-refractivity contribution in [1.82, 2.24) is 0 Å². The van der Waals surface area contributed by atoms with E-state index in [9.17, 15) is 0 Å². The number of hydrogen-bond donors (Lipinski definition) is 0. The van der Waals surface area contributed by atoms with Crippen molar-refractivity contribution in [1.29, 1.82) is 0 Å². The van der Waals surface area contributed by atoms with Crippen molar-refractivity contribution >= 4 is 6.15 Å². The highest BCUT2D eigenvalue weighted by atomic mass is 16.6. The fraction of sp³-hybridized carbons (Fsp3) is 0.667. The van der Waals surface area contributed by atoms with Gasteiger partial charge in [-0.1, -0.05) is 0 Å². The smallest absolute Gasteiger partial charge is 0.373 e. The summed E-state index contributed by atoms with van der Waals surface area (Å²) in [6, 6.07) is 0. The maximum Gasteiger partial charge on any atom is 0.373 e. The van der Waals surface area contributed by atoms with Crippen LogP contribution in [0, 0.1) is 0 Å². The number of rotatable bonds is 0. The van der Waals surface area contributed by atoms with Gasteiger partial charge >= 0.3 is 6.15 Å². The van der Waals surface area contributed by atoms with E-state index in [1.165, 1.54) is 0 Å². The topological polar surface area (TPSA) is 78.2 Å². The molecule has 1 aliphatic heterocycles. The summed E-state index contributed by atoms with van der Waals surface area (Å²) in [4.78, 5) is 16.2. The van der Waals surface area contributed by atoms with Crippen molar-refractivity contribution in [2.24, 2.45) is 0 Å². The molecule has 0 aliphatic carbocycles. The van der Waals surface area contributed by atoms with Crippen LogP contribution in [-0.2, 0) is 14.3 Å². The number of ether oxygens (including phenoxy) is 1. The zero-order valence-corrected chi connectivity index (χ0v) is 3.64. The normalized spacial score (nSPS) is 11.4. The highest BCUT2D eigenvalue weighted by molar-refractivity contribution is 5.20. The molecule has 1 fully saturated rings. The third kappa shape index (κ3) is 641. The Bertz CT molecular complexity index is 49.2. The van der Waals surface area contributed by atoms with Crippen molar-refractivity contribution in [3.05, 3.63) is 0 Å². The third-order valence-corrected chi connectivity index (χ3v) is 0.204. The minimum atomic E-state index is 0. The molecule has 0 radical (unpaired) electrons. The molecule has 0 spiro atoms. The number of epoxide rings is 1. The summed E-state index contributed by atoms with van der Waals surface area (Å²) in [5.74, 6) is 0. The zero-order chi connectivity index (χ0) is 4.83. The second-order valence-electron chi connectivity index (χ2n) is 0.696. The van der Waals surface area contributed by atoms with Crippen LogP contribution in [0.5, 0.6) is 0 Å². The van der Waals surface area contributed by atoms with E-state index in [-0.39, 0.29) is 11.6 Å². The summed E-state index contributed by atoms with van der Waals surface area (Å²) < 4.78 is 4.50. The number of hydrogen-bond acceptors (Lipinski definition) is 3. The maximum absolute atomic E-state index is 8.12. The first-order chi connectivity index (χ1) is 2.91. The fourth-order valence-electron chi connectivity index (χ4n) is 0. The molecule has 4 nitrogen and oxygen atoms in total. The Hall–Kier alpha value is -0.700. The molecule has 4 heteroatoms. The van der Waals surface area contributed by atoms with E-state index in [1.807, 2.05) is 0 Å². The van der Waals surface area contributed by atoms with E-state index < -0.39 is 0 Å². The summed E-state index contributed by atoms with van der Waals surface area (Å²) in [7, 11) is 0. The molecular formula is C3H6O4. The maximum atomic E-state index is 8.12. The minimum absolute atomic E-state index is 0. The van der Waals surface area contributed by atoms with Gasteiger partial charge in [0.2, 0.25) is 0 Å². The Kier molecular flexibility index (Phi) is 12.3. The van der Waals surface area contributed by atoms with Gasteiger partial charge in [0.25, 0.3) is 0 Å². The molecule has 1 heterocycles. The molecule has 1 saturated heterocycles. The van der Waals surface area contributed by atoms with Crippen LogP contribution in [-0.4, -0.2) is 24.8 Å². The molecule has 7 heavy (non-hydrogen) atoms. The predicted octanol–water partition coefficient (Wildman–Crippen LogP) is -1.39. The first-order valence-corrected chi connectivity index (χ1v) is 1.49. The van der Waals surface area contributed by atoms with Crippen LogP contribution in [0.15, 0.2) is 0 Å². The predicted molar refractivity (Wildman–Crippen MR) is 19.4 cm³/mol. The molecule has 0 aromatic carbocycles. The number of carbonyl (C=O) groups excluding carboxylic acids is 2. The van der Waals surface area contributed by atoms with Gasteiger partial charge in [0, 0.05) is 0 Å². The molecule has 0 amide bonds. The SMILES string of the molecule is C1CO1.O.O=C=O. The average Bonchev–Trinajstić information content (AvgIpc) is 2.11. The lowest BCUT2D eigenvalue weighted by molar-refractivity contribution is -0.191. The summed E-state index contributed by atoms with van der Waals surface area (Å²) in [6.45, 7) is 2.00. The van der Waals surface area contributed by atoms with Gasteiger partial charge in [0.05, 0.1) is 13.2 Å². The van der Waals surface area contributed by atoms with Gasteiger partial charge in [-0.2, -0.15) is 9.59 Å². The standard InChI is InChI=1S/C2H4O.CO2.H2O/c1-2-3-1;2-1-3;/h1-2H2;;1H2. The van der Waals surface area contributed by atoms with Crippen LogP contribution in [0.3, 0.4) is 0 Å². The summed E-state index contributed by atoms with van der Waals surface area (Å²) in [6.07, 6.45) is 0.250. The largest absolute Gasteiger partial charge is 0.412 e. The molecule has 1 aliphatic rings. The van der Waals surface area contributed by atoms with E-state index in [1.54, 1.807) is 0 Å². The van der Waals surface area contributed by atoms with Crippen LogP contribution < -0.4 is 0 Å². The minimum Gasteiger partial charge on any atom is -0.412 e. The second kappa shape index (κ2) is 9.00. The monoisotopic (exact) mass is 106 g/mol. The Morgan fingerprint density at radius 2 is 1.43 bits per heavy atom. The van der Waals surface area contributed by atoms with E-state index in [0.29, 0.717) is 0 Å². The van der Waals surface area contributed by atoms with Crippen molar-refractivity contribution in [2.45, 2.75) is 0 Å². The second-order valence-corrected chi connectivity index (χ2v) is 0.696. The lowest BCUT2D eigenvalue weighted by Crippen LogP contribution is -1.22. The van der Waals surface area contributed by atoms with Gasteiger partial charge < -0.3 is 10.2 Å². The molecule has 0 aromatic rings. The van der Waals surface area contributed by atoms with Crippen LogP contribution in [0.2, 0.25) is 0 Å². The van der Waals surface area contributed by atoms with Crippen molar-refractivity contribution in [3.63, 3.8) is 0 Å². The third-order valence-electron chi connectivity index (χ3n) is 0.204. The van der Waals surface area contributed by atoms with Crippen LogP contribution in [0.4, 0.5) is 0 Å². The quantitative estimate of drug-likeness (QED) is 0.356. The van der Waals surface area contributed by atoms with Gasteiger partial charge in [0.1, 0.15) is 0 Å². The lowest BCUT2D eigenvalue weighted by Gasteiger charge is -1.24. The highest BCUT2D eigenvalue weighted by Gasteiger charge is 1.94. The molecule has 0 bridgehead atoms. The first-order valence-electron chi connectivity index (χ1n) is 1.49. The summed E-state index contributed by atoms with van der Waals surface area (Å²) in [5, 5.41) is 0. The van der Waals surface area contributed by atoms with Gasteiger partial charge in [-0.25, -0.2) is 0 Å². The summed E-state index contributed by atoms with van der Waals surface area (Å²) >= 11 is 0. The first kappa shape index (κ1) is 9.57. The molecule has 2 N–H and O–H groups in total. The van der Waals surface area contributed by atoms with Crippen LogP contribution in [0.25, 0.3) is 0 Å². The van der Waals surface area contributed by atoms with Crippen LogP contribution in [0.1, 0.15) is 0 Å². The van der Waals surface area contributed by atoms with Gasteiger partial charge in [0.15, 0.2) is 0 Å². The van der Waals surface area contributed by atoms with Gasteiger partial charge in [-0.15, -0.1) is 0 Å². The lowest BCUT2D eigenvalue weighted by atomic mass is 11.0. The molecular weight excluding hydrogens is 100 g/mol. The Morgan fingerprint density at radius 3 is 1.43 bits per heavy atom. The van der Waals surface area contributed by atoms with Crippen molar-refractivity contribution in [2.75, 3.05) is 13.2 Å². The average molecular weight is 106 g/mol. The van der Waals surface area contributed by atoms with Crippen molar-refractivity contribution in [3.8, 4) is 0 Å². The molecule has 0 aromatic heterocycles. The van der Waals surface area contributed by atoms with Crippen LogP contribution >= 0.6 is 0 Å². The Balaban J connectivity index is 0. The fourth-order valence-corrected chi connectivity index (χ4v) is 0.